The quantitative estimate of drug-likeness (QED) is 0.892. The lowest BCUT2D eigenvalue weighted by Gasteiger charge is -2.14. The Labute approximate surface area is 124 Å². The summed E-state index contributed by atoms with van der Waals surface area (Å²) in [5, 5.41) is 4.07. The summed E-state index contributed by atoms with van der Waals surface area (Å²) in [4.78, 5) is 0. The van der Waals surface area contributed by atoms with Gasteiger partial charge in [-0.3, -0.25) is 0 Å². The second-order valence-electron chi connectivity index (χ2n) is 4.46. The number of nitrogens with one attached hydrogen (secondary N) is 1. The second kappa shape index (κ2) is 6.53. The van der Waals surface area contributed by atoms with Crippen LogP contribution in [-0.2, 0) is 6.54 Å². The lowest BCUT2D eigenvalue weighted by Crippen LogP contribution is -2.03. The molecule has 3 nitrogen and oxygen atoms in total. The van der Waals surface area contributed by atoms with Gasteiger partial charge in [0.2, 0.25) is 0 Å². The van der Waals surface area contributed by atoms with Gasteiger partial charge in [0.15, 0.2) is 0 Å². The summed E-state index contributed by atoms with van der Waals surface area (Å²) in [6.45, 7) is 2.64. The summed E-state index contributed by atoms with van der Waals surface area (Å²) in [6, 6.07) is 11.6. The third kappa shape index (κ3) is 3.17. The van der Waals surface area contributed by atoms with E-state index in [1.165, 1.54) is 0 Å². The fourth-order valence-electron chi connectivity index (χ4n) is 2.05. The van der Waals surface area contributed by atoms with Crippen LogP contribution in [0.2, 0.25) is 5.02 Å². The number of methoxy groups -OCH3 is 2. The Morgan fingerprint density at radius 1 is 1.10 bits per heavy atom. The average molecular weight is 292 g/mol. The van der Waals surface area contributed by atoms with E-state index in [2.05, 4.69) is 5.32 Å². The molecule has 0 amide bonds. The maximum atomic E-state index is 6.22. The van der Waals surface area contributed by atoms with Gasteiger partial charge in [0.25, 0.3) is 0 Å². The van der Waals surface area contributed by atoms with Crippen LogP contribution in [0, 0.1) is 6.92 Å². The largest absolute Gasteiger partial charge is 0.497 e. The topological polar surface area (TPSA) is 30.5 Å². The van der Waals surface area contributed by atoms with Crippen LogP contribution in [0.1, 0.15) is 11.1 Å². The highest BCUT2D eigenvalue weighted by atomic mass is 35.5. The van der Waals surface area contributed by atoms with E-state index in [0.717, 1.165) is 28.3 Å². The first kappa shape index (κ1) is 14.5. The molecule has 2 aromatic rings. The highest BCUT2D eigenvalue weighted by Crippen LogP contribution is 2.28. The zero-order valence-electron chi connectivity index (χ0n) is 11.9. The molecule has 0 unspecified atom stereocenters. The lowest BCUT2D eigenvalue weighted by molar-refractivity contribution is 0.410. The standard InChI is InChI=1S/C16H18ClNO2/c1-11-9-12(19-2)7-8-15(11)18-10-13-14(17)5-4-6-16(13)20-3/h4-9,18H,10H2,1-3H3. The summed E-state index contributed by atoms with van der Waals surface area (Å²) in [5.41, 5.74) is 3.12. The minimum Gasteiger partial charge on any atom is -0.497 e. The Morgan fingerprint density at radius 3 is 2.55 bits per heavy atom. The Hall–Kier alpha value is -1.87. The van der Waals surface area contributed by atoms with Crippen LogP contribution in [0.15, 0.2) is 36.4 Å². The molecule has 2 aromatic carbocycles. The van der Waals surface area contributed by atoms with E-state index in [1.807, 2.05) is 43.3 Å². The Balaban J connectivity index is 2.17. The van der Waals surface area contributed by atoms with Crippen LogP contribution in [0.5, 0.6) is 11.5 Å². The third-order valence-electron chi connectivity index (χ3n) is 3.18. The number of ether oxygens (including phenoxy) is 2. The summed E-state index contributed by atoms with van der Waals surface area (Å²) in [7, 11) is 3.31. The molecule has 0 aliphatic rings. The van der Waals surface area contributed by atoms with E-state index < -0.39 is 0 Å². The molecule has 2 rings (SSSR count). The van der Waals surface area contributed by atoms with Gasteiger partial charge in [0.1, 0.15) is 11.5 Å². The van der Waals surface area contributed by atoms with Crippen molar-refractivity contribution in [3.63, 3.8) is 0 Å². The predicted molar refractivity (Wildman–Crippen MR) is 83.1 cm³/mol. The molecule has 106 valence electrons. The van der Waals surface area contributed by atoms with E-state index in [-0.39, 0.29) is 0 Å². The van der Waals surface area contributed by atoms with Crippen molar-refractivity contribution in [3.05, 3.63) is 52.5 Å². The molecule has 0 atom stereocenters. The van der Waals surface area contributed by atoms with Crippen LogP contribution < -0.4 is 14.8 Å². The number of aryl methyl sites for hydroxylation is 1. The number of benzene rings is 2. The number of hydrogen-bond acceptors (Lipinski definition) is 3. The Bertz CT molecular complexity index is 599. The molecule has 0 heterocycles. The number of hydrogen-bond donors (Lipinski definition) is 1. The minimum atomic E-state index is 0.607. The van der Waals surface area contributed by atoms with Crippen molar-refractivity contribution < 1.29 is 9.47 Å². The second-order valence-corrected chi connectivity index (χ2v) is 4.86. The molecule has 0 fully saturated rings. The van der Waals surface area contributed by atoms with Gasteiger partial charge in [-0.1, -0.05) is 17.7 Å². The number of rotatable bonds is 5. The smallest absolute Gasteiger partial charge is 0.125 e. The van der Waals surface area contributed by atoms with Gasteiger partial charge in [0.05, 0.1) is 14.2 Å². The molecule has 0 bridgehead atoms. The number of halogens is 1. The van der Waals surface area contributed by atoms with E-state index >= 15 is 0 Å². The summed E-state index contributed by atoms with van der Waals surface area (Å²) in [6.07, 6.45) is 0. The highest BCUT2D eigenvalue weighted by Gasteiger charge is 2.08. The molecular weight excluding hydrogens is 274 g/mol. The molecule has 0 spiro atoms. The van der Waals surface area contributed by atoms with E-state index in [0.29, 0.717) is 11.6 Å². The van der Waals surface area contributed by atoms with Gasteiger partial charge in [-0.15, -0.1) is 0 Å². The average Bonchev–Trinajstić information content (AvgIpc) is 2.46. The molecule has 0 aliphatic heterocycles. The Kier molecular flexibility index (Phi) is 4.74. The summed E-state index contributed by atoms with van der Waals surface area (Å²) >= 11 is 6.22. The Morgan fingerprint density at radius 2 is 1.90 bits per heavy atom. The fraction of sp³-hybridized carbons (Fsp3) is 0.250. The normalized spacial score (nSPS) is 10.2. The maximum absolute atomic E-state index is 6.22. The molecule has 1 N–H and O–H groups in total. The van der Waals surface area contributed by atoms with Crippen molar-refractivity contribution in [2.75, 3.05) is 19.5 Å². The molecule has 20 heavy (non-hydrogen) atoms. The highest BCUT2D eigenvalue weighted by molar-refractivity contribution is 6.31. The zero-order chi connectivity index (χ0) is 14.5. The van der Waals surface area contributed by atoms with Crippen molar-refractivity contribution in [2.24, 2.45) is 0 Å². The SMILES string of the molecule is COc1ccc(NCc2c(Cl)cccc2OC)c(C)c1. The summed E-state index contributed by atoms with van der Waals surface area (Å²) < 4.78 is 10.5. The van der Waals surface area contributed by atoms with Crippen LogP contribution in [-0.4, -0.2) is 14.2 Å². The van der Waals surface area contributed by atoms with E-state index in [4.69, 9.17) is 21.1 Å². The van der Waals surface area contributed by atoms with Crippen LogP contribution in [0.3, 0.4) is 0 Å². The van der Waals surface area contributed by atoms with Crippen molar-refractivity contribution in [1.29, 1.82) is 0 Å². The van der Waals surface area contributed by atoms with Gasteiger partial charge >= 0.3 is 0 Å². The zero-order valence-corrected chi connectivity index (χ0v) is 12.6. The van der Waals surface area contributed by atoms with Gasteiger partial charge in [-0.2, -0.15) is 0 Å². The van der Waals surface area contributed by atoms with Gasteiger partial charge in [-0.05, 0) is 42.8 Å². The van der Waals surface area contributed by atoms with Crippen molar-refractivity contribution >= 4 is 17.3 Å². The van der Waals surface area contributed by atoms with Crippen molar-refractivity contribution in [2.45, 2.75) is 13.5 Å². The van der Waals surface area contributed by atoms with Crippen LogP contribution >= 0.6 is 11.6 Å². The van der Waals surface area contributed by atoms with Crippen LogP contribution in [0.4, 0.5) is 5.69 Å². The van der Waals surface area contributed by atoms with Crippen LogP contribution in [0.25, 0.3) is 0 Å². The monoisotopic (exact) mass is 291 g/mol. The third-order valence-corrected chi connectivity index (χ3v) is 3.54. The van der Waals surface area contributed by atoms with E-state index in [9.17, 15) is 0 Å². The van der Waals surface area contributed by atoms with E-state index in [1.54, 1.807) is 14.2 Å². The molecule has 0 saturated heterocycles. The first-order valence-electron chi connectivity index (χ1n) is 6.35. The lowest BCUT2D eigenvalue weighted by atomic mass is 10.1. The minimum absolute atomic E-state index is 0.607. The van der Waals surface area contributed by atoms with Gasteiger partial charge in [0, 0.05) is 22.8 Å². The molecule has 0 radical (unpaired) electrons. The predicted octanol–water partition coefficient (Wildman–Crippen LogP) is 4.28. The van der Waals surface area contributed by atoms with Gasteiger partial charge in [-0.25, -0.2) is 0 Å². The fourth-order valence-corrected chi connectivity index (χ4v) is 2.28. The first-order valence-corrected chi connectivity index (χ1v) is 6.73. The molecule has 0 aliphatic carbocycles. The maximum Gasteiger partial charge on any atom is 0.125 e. The van der Waals surface area contributed by atoms with Crippen molar-refractivity contribution in [3.8, 4) is 11.5 Å². The molecular formula is C16H18ClNO2. The first-order chi connectivity index (χ1) is 9.65. The van der Waals surface area contributed by atoms with Gasteiger partial charge < -0.3 is 14.8 Å². The summed E-state index contributed by atoms with van der Waals surface area (Å²) in [5.74, 6) is 1.64. The molecule has 0 saturated carbocycles. The molecule has 4 heteroatoms. The molecule has 0 aromatic heterocycles. The number of anilines is 1. The van der Waals surface area contributed by atoms with Crippen molar-refractivity contribution in [1.82, 2.24) is 0 Å².